The van der Waals surface area contributed by atoms with Gasteiger partial charge in [0.05, 0.1) is 6.04 Å². The Hall–Kier alpha value is -1.88. The lowest BCUT2D eigenvalue weighted by Crippen LogP contribution is -2.42. The number of hydrogen-bond donors (Lipinski definition) is 2. The number of amides is 1. The van der Waals surface area contributed by atoms with Gasteiger partial charge in [-0.25, -0.2) is 0 Å². The Labute approximate surface area is 139 Å². The minimum atomic E-state index is -0.876. The third kappa shape index (κ3) is 2.34. The molecule has 1 saturated heterocycles. The Morgan fingerprint density at radius 1 is 1.09 bits per heavy atom. The number of benzene rings is 2. The van der Waals surface area contributed by atoms with Crippen LogP contribution in [-0.2, 0) is 0 Å². The highest BCUT2D eigenvalue weighted by Gasteiger charge is 2.44. The maximum Gasteiger partial charge on any atom is 0.256 e. The SMILES string of the molecule is O=C1c2ccccc2C(O)N1[C@@H]1CNC[C@H]1c1ccc(Cl)cc1. The molecule has 1 unspecified atom stereocenters. The summed E-state index contributed by atoms with van der Waals surface area (Å²) in [5, 5.41) is 14.7. The first-order valence-corrected chi connectivity index (χ1v) is 8.10. The molecule has 1 fully saturated rings. The lowest BCUT2D eigenvalue weighted by Gasteiger charge is -2.31. The zero-order valence-corrected chi connectivity index (χ0v) is 13.2. The Bertz CT molecular complexity index is 747. The lowest BCUT2D eigenvalue weighted by molar-refractivity contribution is -0.00256. The number of fused-ring (bicyclic) bond motifs is 1. The summed E-state index contributed by atoms with van der Waals surface area (Å²) in [5.74, 6) is 0.0425. The van der Waals surface area contributed by atoms with Crippen LogP contribution in [0.5, 0.6) is 0 Å². The van der Waals surface area contributed by atoms with Gasteiger partial charge < -0.3 is 15.3 Å². The van der Waals surface area contributed by atoms with Crippen molar-refractivity contribution >= 4 is 17.5 Å². The smallest absolute Gasteiger partial charge is 0.256 e. The van der Waals surface area contributed by atoms with Gasteiger partial charge in [-0.15, -0.1) is 0 Å². The fourth-order valence-corrected chi connectivity index (χ4v) is 3.78. The fraction of sp³-hybridized carbons (Fsp3) is 0.278. The van der Waals surface area contributed by atoms with Gasteiger partial charge in [0.1, 0.15) is 0 Å². The van der Waals surface area contributed by atoms with Crippen molar-refractivity contribution in [2.45, 2.75) is 18.2 Å². The van der Waals surface area contributed by atoms with Crippen LogP contribution >= 0.6 is 11.6 Å². The molecule has 1 amide bonds. The third-order valence-electron chi connectivity index (χ3n) is 4.81. The van der Waals surface area contributed by atoms with Crippen molar-refractivity contribution in [3.05, 3.63) is 70.2 Å². The zero-order chi connectivity index (χ0) is 16.0. The molecule has 2 aromatic rings. The van der Waals surface area contributed by atoms with E-state index in [1.54, 1.807) is 11.0 Å². The van der Waals surface area contributed by atoms with Crippen molar-refractivity contribution in [3.63, 3.8) is 0 Å². The second-order valence-corrected chi connectivity index (χ2v) is 6.49. The summed E-state index contributed by atoms with van der Waals surface area (Å²) in [4.78, 5) is 14.4. The Morgan fingerprint density at radius 2 is 1.83 bits per heavy atom. The standard InChI is InChI=1S/C18H17ClN2O2/c19-12-7-5-11(6-8-12)15-9-20-10-16(15)21-17(22)13-3-1-2-4-14(13)18(21)23/h1-8,15-17,20,22H,9-10H2/t15-,16+,17?/m0/s1. The third-order valence-corrected chi connectivity index (χ3v) is 5.06. The molecule has 0 bridgehead atoms. The summed E-state index contributed by atoms with van der Waals surface area (Å²) < 4.78 is 0. The van der Waals surface area contributed by atoms with E-state index in [1.807, 2.05) is 42.5 Å². The molecule has 4 nitrogen and oxygen atoms in total. The van der Waals surface area contributed by atoms with Crippen LogP contribution in [0.3, 0.4) is 0 Å². The molecule has 0 aromatic heterocycles. The average Bonchev–Trinajstić information content (AvgIpc) is 3.13. The van der Waals surface area contributed by atoms with Crippen LogP contribution in [0.15, 0.2) is 48.5 Å². The largest absolute Gasteiger partial charge is 0.369 e. The van der Waals surface area contributed by atoms with Crippen LogP contribution in [-0.4, -0.2) is 35.0 Å². The van der Waals surface area contributed by atoms with Gasteiger partial charge in [0.25, 0.3) is 5.91 Å². The van der Waals surface area contributed by atoms with Crippen molar-refractivity contribution in [1.29, 1.82) is 0 Å². The Kier molecular flexibility index (Phi) is 3.60. The topological polar surface area (TPSA) is 52.6 Å². The zero-order valence-electron chi connectivity index (χ0n) is 12.4. The number of rotatable bonds is 2. The maximum atomic E-state index is 12.7. The van der Waals surface area contributed by atoms with Gasteiger partial charge in [0, 0.05) is 35.2 Å². The highest BCUT2D eigenvalue weighted by atomic mass is 35.5. The Morgan fingerprint density at radius 3 is 2.57 bits per heavy atom. The summed E-state index contributed by atoms with van der Waals surface area (Å²) >= 11 is 5.97. The minimum Gasteiger partial charge on any atom is -0.369 e. The molecule has 2 N–H and O–H groups in total. The molecule has 0 spiro atoms. The normalized spacial score (nSPS) is 26.6. The predicted octanol–water partition coefficient (Wildman–Crippen LogP) is 2.54. The predicted molar refractivity (Wildman–Crippen MR) is 88.4 cm³/mol. The van der Waals surface area contributed by atoms with Crippen LogP contribution in [0.2, 0.25) is 5.02 Å². The monoisotopic (exact) mass is 328 g/mol. The number of aliphatic hydroxyl groups is 1. The van der Waals surface area contributed by atoms with E-state index in [-0.39, 0.29) is 17.9 Å². The van der Waals surface area contributed by atoms with Crippen molar-refractivity contribution in [1.82, 2.24) is 10.2 Å². The van der Waals surface area contributed by atoms with E-state index < -0.39 is 6.23 Å². The first-order chi connectivity index (χ1) is 11.2. The van der Waals surface area contributed by atoms with Crippen LogP contribution in [0.25, 0.3) is 0 Å². The molecule has 5 heteroatoms. The van der Waals surface area contributed by atoms with Gasteiger partial charge >= 0.3 is 0 Å². The number of carbonyl (C=O) groups is 1. The van der Waals surface area contributed by atoms with Crippen LogP contribution in [0.1, 0.15) is 33.6 Å². The van der Waals surface area contributed by atoms with Crippen LogP contribution < -0.4 is 5.32 Å². The molecule has 0 saturated carbocycles. The molecule has 2 aliphatic heterocycles. The number of hydrogen-bond acceptors (Lipinski definition) is 3. The summed E-state index contributed by atoms with van der Waals surface area (Å²) in [6.07, 6.45) is -0.876. The van der Waals surface area contributed by atoms with Crippen molar-refractivity contribution in [3.8, 4) is 0 Å². The second kappa shape index (κ2) is 5.64. The van der Waals surface area contributed by atoms with Crippen LogP contribution in [0, 0.1) is 0 Å². The first-order valence-electron chi connectivity index (χ1n) is 7.72. The molecule has 3 atom stereocenters. The minimum absolute atomic E-state index is 0.0777. The molecule has 2 aromatic carbocycles. The molecule has 23 heavy (non-hydrogen) atoms. The number of nitrogens with zero attached hydrogens (tertiary/aromatic N) is 1. The summed E-state index contributed by atoms with van der Waals surface area (Å²) in [5.41, 5.74) is 2.42. The molecular formula is C18H17ClN2O2. The molecule has 118 valence electrons. The summed E-state index contributed by atoms with van der Waals surface area (Å²) in [7, 11) is 0. The van der Waals surface area contributed by atoms with E-state index in [4.69, 9.17) is 11.6 Å². The molecule has 2 heterocycles. The number of halogens is 1. The highest BCUT2D eigenvalue weighted by Crippen LogP contribution is 2.38. The fourth-order valence-electron chi connectivity index (χ4n) is 3.66. The van der Waals surface area contributed by atoms with Gasteiger partial charge in [-0.05, 0) is 23.8 Å². The first kappa shape index (κ1) is 14.7. The molecule has 0 aliphatic carbocycles. The molecule has 0 radical (unpaired) electrons. The summed E-state index contributed by atoms with van der Waals surface area (Å²) in [6.45, 7) is 1.45. The number of nitrogens with one attached hydrogen (secondary N) is 1. The van der Waals surface area contributed by atoms with E-state index in [1.165, 1.54) is 0 Å². The van der Waals surface area contributed by atoms with E-state index in [0.717, 1.165) is 12.1 Å². The second-order valence-electron chi connectivity index (χ2n) is 6.06. The van der Waals surface area contributed by atoms with Crippen molar-refractivity contribution < 1.29 is 9.90 Å². The number of aliphatic hydroxyl groups excluding tert-OH is 1. The molecule has 4 rings (SSSR count). The van der Waals surface area contributed by atoms with Gasteiger partial charge in [0.15, 0.2) is 6.23 Å². The van der Waals surface area contributed by atoms with Gasteiger partial charge in [-0.3, -0.25) is 4.79 Å². The highest BCUT2D eigenvalue weighted by molar-refractivity contribution is 6.30. The number of carbonyl (C=O) groups excluding carboxylic acids is 1. The van der Waals surface area contributed by atoms with E-state index in [2.05, 4.69) is 5.32 Å². The average molecular weight is 329 g/mol. The quantitative estimate of drug-likeness (QED) is 0.890. The van der Waals surface area contributed by atoms with E-state index in [9.17, 15) is 9.90 Å². The van der Waals surface area contributed by atoms with Crippen molar-refractivity contribution in [2.24, 2.45) is 0 Å². The summed E-state index contributed by atoms with van der Waals surface area (Å²) in [6, 6.07) is 14.9. The van der Waals surface area contributed by atoms with Crippen LogP contribution in [0.4, 0.5) is 0 Å². The molecular weight excluding hydrogens is 312 g/mol. The van der Waals surface area contributed by atoms with Gasteiger partial charge in [0.2, 0.25) is 0 Å². The maximum absolute atomic E-state index is 12.7. The van der Waals surface area contributed by atoms with Gasteiger partial charge in [-0.1, -0.05) is 41.9 Å². The van der Waals surface area contributed by atoms with E-state index in [0.29, 0.717) is 22.7 Å². The van der Waals surface area contributed by atoms with Gasteiger partial charge in [-0.2, -0.15) is 0 Å². The van der Waals surface area contributed by atoms with E-state index >= 15 is 0 Å². The van der Waals surface area contributed by atoms with Crippen molar-refractivity contribution in [2.75, 3.05) is 13.1 Å². The Balaban J connectivity index is 1.67. The lowest BCUT2D eigenvalue weighted by atomic mass is 9.93. The molecule has 2 aliphatic rings.